The van der Waals surface area contributed by atoms with Gasteiger partial charge in [0, 0.05) is 17.8 Å². The number of pyridine rings is 1. The fraction of sp³-hybridized carbons (Fsp3) is 0.333. The summed E-state index contributed by atoms with van der Waals surface area (Å²) in [5.74, 6) is -0.393. The zero-order valence-electron chi connectivity index (χ0n) is 14.0. The normalized spacial score (nSPS) is 15.3. The smallest absolute Gasteiger partial charge is 0.356 e. The summed E-state index contributed by atoms with van der Waals surface area (Å²) in [7, 11) is 0. The molecule has 0 atom stereocenters. The molecular weight excluding hydrogens is 354 g/mol. The van der Waals surface area contributed by atoms with Crippen LogP contribution >= 0.6 is 11.6 Å². The molecule has 0 unspecified atom stereocenters. The number of anilines is 1. The van der Waals surface area contributed by atoms with E-state index in [2.05, 4.69) is 25.3 Å². The molecule has 3 aromatic rings. The van der Waals surface area contributed by atoms with Gasteiger partial charge in [-0.15, -0.1) is 0 Å². The molecule has 1 aliphatic rings. The molecule has 3 heterocycles. The Bertz CT molecular complexity index is 965. The highest BCUT2D eigenvalue weighted by molar-refractivity contribution is 6.29. The summed E-state index contributed by atoms with van der Waals surface area (Å²) in [5, 5.41) is 13.0. The van der Waals surface area contributed by atoms with Crippen molar-refractivity contribution < 1.29 is 9.90 Å². The number of rotatable bonds is 4. The number of fused-ring (bicyclic) bond motifs is 1. The second-order valence-electron chi connectivity index (χ2n) is 6.50. The Morgan fingerprint density at radius 3 is 2.81 bits per heavy atom. The Labute approximate surface area is 154 Å². The number of carboxylic acid groups (broad SMARTS) is 1. The lowest BCUT2D eigenvalue weighted by atomic mass is 9.95. The van der Waals surface area contributed by atoms with Gasteiger partial charge in [-0.2, -0.15) is 0 Å². The molecule has 26 heavy (non-hydrogen) atoms. The molecule has 134 valence electrons. The molecule has 0 radical (unpaired) electrons. The zero-order chi connectivity index (χ0) is 18.1. The predicted octanol–water partition coefficient (Wildman–Crippen LogP) is 4.12. The van der Waals surface area contributed by atoms with E-state index in [4.69, 9.17) is 16.7 Å². The summed E-state index contributed by atoms with van der Waals surface area (Å²) >= 11 is 6.23. The molecule has 0 spiro atoms. The van der Waals surface area contributed by atoms with Gasteiger partial charge in [-0.1, -0.05) is 30.9 Å². The summed E-state index contributed by atoms with van der Waals surface area (Å²) in [5.41, 5.74) is 2.48. The molecule has 7 nitrogen and oxygen atoms in total. The summed E-state index contributed by atoms with van der Waals surface area (Å²) < 4.78 is 0. The number of hydrogen-bond acceptors (Lipinski definition) is 5. The molecule has 1 fully saturated rings. The van der Waals surface area contributed by atoms with Crippen LogP contribution in [0, 0.1) is 0 Å². The number of aromatic amines is 1. The van der Waals surface area contributed by atoms with Crippen LogP contribution in [-0.4, -0.2) is 37.1 Å². The van der Waals surface area contributed by atoms with Crippen molar-refractivity contribution in [2.45, 2.75) is 38.1 Å². The van der Waals surface area contributed by atoms with Gasteiger partial charge in [-0.3, -0.25) is 0 Å². The molecule has 0 saturated heterocycles. The minimum atomic E-state index is -1.11. The minimum absolute atomic E-state index is 0.0981. The number of halogens is 1. The first-order valence-electron chi connectivity index (χ1n) is 8.62. The second kappa shape index (κ2) is 6.92. The van der Waals surface area contributed by atoms with E-state index in [1.807, 2.05) is 6.07 Å². The van der Waals surface area contributed by atoms with Gasteiger partial charge in [0.25, 0.3) is 0 Å². The Balaban J connectivity index is 1.72. The fourth-order valence-electron chi connectivity index (χ4n) is 3.40. The maximum absolute atomic E-state index is 11.2. The number of aromatic nitrogens is 4. The van der Waals surface area contributed by atoms with E-state index >= 15 is 0 Å². The average Bonchev–Trinajstić information content (AvgIpc) is 3.05. The number of carbonyl (C=O) groups is 1. The standard InChI is InChI=1S/C18H18ClN5O2/c19-14-6-10(7-15(24-14)22-11-4-2-1-3-5-11)12-8-20-17-16(12)23-13(9-21-17)18(25)26/h6-9,11H,1-5H2,(H,20,21)(H,22,24)(H,25,26). The van der Waals surface area contributed by atoms with Gasteiger partial charge in [-0.25, -0.2) is 19.7 Å². The lowest BCUT2D eigenvalue weighted by Gasteiger charge is -2.23. The lowest BCUT2D eigenvalue weighted by molar-refractivity contribution is 0.0690. The summed E-state index contributed by atoms with van der Waals surface area (Å²) in [6.45, 7) is 0. The van der Waals surface area contributed by atoms with Crippen LogP contribution in [0.2, 0.25) is 5.15 Å². The first kappa shape index (κ1) is 16.8. The van der Waals surface area contributed by atoms with E-state index in [0.29, 0.717) is 22.4 Å². The summed E-state index contributed by atoms with van der Waals surface area (Å²) in [4.78, 5) is 26.9. The summed E-state index contributed by atoms with van der Waals surface area (Å²) in [6, 6.07) is 4.06. The van der Waals surface area contributed by atoms with Crippen molar-refractivity contribution in [3.63, 3.8) is 0 Å². The highest BCUT2D eigenvalue weighted by Gasteiger charge is 2.17. The third-order valence-corrected chi connectivity index (χ3v) is 4.86. The fourth-order valence-corrected chi connectivity index (χ4v) is 3.61. The first-order valence-corrected chi connectivity index (χ1v) is 9.00. The molecule has 0 amide bonds. The third-order valence-electron chi connectivity index (χ3n) is 4.66. The number of hydrogen-bond donors (Lipinski definition) is 3. The molecule has 3 aromatic heterocycles. The van der Waals surface area contributed by atoms with Crippen LogP contribution < -0.4 is 5.32 Å². The van der Waals surface area contributed by atoms with Gasteiger partial charge < -0.3 is 15.4 Å². The monoisotopic (exact) mass is 371 g/mol. The van der Waals surface area contributed by atoms with Crippen molar-refractivity contribution in [3.05, 3.63) is 35.4 Å². The van der Waals surface area contributed by atoms with Gasteiger partial charge in [-0.05, 0) is 30.5 Å². The average molecular weight is 372 g/mol. The number of aromatic carboxylic acids is 1. The van der Waals surface area contributed by atoms with Crippen molar-refractivity contribution in [2.75, 3.05) is 5.32 Å². The third kappa shape index (κ3) is 3.35. The van der Waals surface area contributed by atoms with E-state index in [1.165, 1.54) is 25.5 Å². The largest absolute Gasteiger partial charge is 0.476 e. The van der Waals surface area contributed by atoms with Gasteiger partial charge in [0.15, 0.2) is 11.3 Å². The van der Waals surface area contributed by atoms with Crippen molar-refractivity contribution in [3.8, 4) is 11.1 Å². The molecule has 0 bridgehead atoms. The molecule has 1 saturated carbocycles. The molecule has 3 N–H and O–H groups in total. The topological polar surface area (TPSA) is 104 Å². The summed E-state index contributed by atoms with van der Waals surface area (Å²) in [6.07, 6.45) is 8.98. The molecule has 4 rings (SSSR count). The van der Waals surface area contributed by atoms with Crippen LogP contribution in [-0.2, 0) is 0 Å². The lowest BCUT2D eigenvalue weighted by Crippen LogP contribution is -2.22. The second-order valence-corrected chi connectivity index (χ2v) is 6.89. The maximum atomic E-state index is 11.2. The van der Waals surface area contributed by atoms with Crippen molar-refractivity contribution in [1.29, 1.82) is 0 Å². The van der Waals surface area contributed by atoms with Gasteiger partial charge in [0.2, 0.25) is 0 Å². The van der Waals surface area contributed by atoms with E-state index in [0.717, 1.165) is 29.8 Å². The SMILES string of the molecule is O=C(O)c1cnc2[nH]cc(-c3cc(Cl)nc(NC4CCCCC4)c3)c2n1. The number of nitrogens with one attached hydrogen (secondary N) is 2. The van der Waals surface area contributed by atoms with Crippen LogP contribution in [0.1, 0.15) is 42.6 Å². The number of carboxylic acids is 1. The van der Waals surface area contributed by atoms with Crippen LogP contribution in [0.5, 0.6) is 0 Å². The Morgan fingerprint density at radius 2 is 2.04 bits per heavy atom. The molecule has 0 aliphatic heterocycles. The highest BCUT2D eigenvalue weighted by atomic mass is 35.5. The van der Waals surface area contributed by atoms with Crippen molar-refractivity contribution >= 4 is 34.6 Å². The van der Waals surface area contributed by atoms with Gasteiger partial charge in [0.05, 0.1) is 6.20 Å². The van der Waals surface area contributed by atoms with Gasteiger partial charge >= 0.3 is 5.97 Å². The van der Waals surface area contributed by atoms with Crippen LogP contribution in [0.4, 0.5) is 5.82 Å². The first-order chi connectivity index (χ1) is 12.6. The molecule has 1 aliphatic carbocycles. The Morgan fingerprint density at radius 1 is 1.23 bits per heavy atom. The van der Waals surface area contributed by atoms with Crippen molar-refractivity contribution in [1.82, 2.24) is 19.9 Å². The van der Waals surface area contributed by atoms with E-state index in [-0.39, 0.29) is 5.69 Å². The predicted molar refractivity (Wildman–Crippen MR) is 99.6 cm³/mol. The van der Waals surface area contributed by atoms with E-state index in [1.54, 1.807) is 12.3 Å². The van der Waals surface area contributed by atoms with Crippen molar-refractivity contribution in [2.24, 2.45) is 0 Å². The highest BCUT2D eigenvalue weighted by Crippen LogP contribution is 2.31. The number of H-pyrrole nitrogens is 1. The molecule has 8 heteroatoms. The quantitative estimate of drug-likeness (QED) is 0.596. The van der Waals surface area contributed by atoms with E-state index in [9.17, 15) is 4.79 Å². The van der Waals surface area contributed by atoms with Crippen LogP contribution in [0.3, 0.4) is 0 Å². The Hall–Kier alpha value is -2.67. The molecular formula is C18H18ClN5O2. The Kier molecular flexibility index (Phi) is 4.46. The van der Waals surface area contributed by atoms with Crippen LogP contribution in [0.25, 0.3) is 22.3 Å². The van der Waals surface area contributed by atoms with Crippen LogP contribution in [0.15, 0.2) is 24.5 Å². The maximum Gasteiger partial charge on any atom is 0.356 e. The molecule has 0 aromatic carbocycles. The zero-order valence-corrected chi connectivity index (χ0v) is 14.8. The van der Waals surface area contributed by atoms with E-state index < -0.39 is 5.97 Å². The number of nitrogens with zero attached hydrogens (tertiary/aromatic N) is 3. The van der Waals surface area contributed by atoms with Gasteiger partial charge in [0.1, 0.15) is 16.5 Å². The minimum Gasteiger partial charge on any atom is -0.476 e.